The summed E-state index contributed by atoms with van der Waals surface area (Å²) < 4.78 is 24.9. The van der Waals surface area contributed by atoms with E-state index < -0.39 is 16.1 Å². The lowest BCUT2D eigenvalue weighted by molar-refractivity contribution is 0.108. The molecule has 1 atom stereocenters. The normalized spacial score (nSPS) is 31.9. The number of aliphatic hydroxyl groups is 1. The van der Waals surface area contributed by atoms with Crippen molar-refractivity contribution in [2.24, 2.45) is 0 Å². The van der Waals surface area contributed by atoms with Crippen molar-refractivity contribution in [3.05, 3.63) is 0 Å². The quantitative estimate of drug-likeness (QED) is 0.687. The van der Waals surface area contributed by atoms with Crippen molar-refractivity contribution in [2.75, 3.05) is 13.1 Å². The Hall–Kier alpha value is -0.130. The molecule has 0 aromatic rings. The molecule has 1 unspecified atom stereocenters. The van der Waals surface area contributed by atoms with Crippen molar-refractivity contribution in [2.45, 2.75) is 37.0 Å². The van der Waals surface area contributed by atoms with Gasteiger partial charge in [-0.15, -0.1) is 0 Å². The second-order valence-corrected chi connectivity index (χ2v) is 6.11. The Morgan fingerprint density at radius 3 is 2.46 bits per heavy atom. The van der Waals surface area contributed by atoms with E-state index in [4.69, 9.17) is 0 Å². The van der Waals surface area contributed by atoms with E-state index in [0.717, 1.165) is 25.7 Å². The molecule has 2 fully saturated rings. The maximum atomic E-state index is 11.7. The number of β-amino-alcohol motifs (C(OH)–C–C–N with tert-alkyl or cyclic N) is 1. The molecule has 0 radical (unpaired) electrons. The summed E-state index contributed by atoms with van der Waals surface area (Å²) >= 11 is 0. The predicted octanol–water partition coefficient (Wildman–Crippen LogP) is -0.0647. The van der Waals surface area contributed by atoms with E-state index in [9.17, 15) is 13.5 Å². The highest BCUT2D eigenvalue weighted by atomic mass is 32.2. The smallest absolute Gasteiger partial charge is 0.217 e. The van der Waals surface area contributed by atoms with Crippen LogP contribution in [0, 0.1) is 0 Å². The first kappa shape index (κ1) is 9.43. The third-order valence-electron chi connectivity index (χ3n) is 2.66. The maximum Gasteiger partial charge on any atom is 0.217 e. The molecular formula is C8H15NO3S. The Balaban J connectivity index is 2.06. The van der Waals surface area contributed by atoms with E-state index >= 15 is 0 Å². The molecule has 4 nitrogen and oxygen atoms in total. The standard InChI is InChI=1S/C8H15NO3S/c10-7-2-1-5-9(6-7)13(11,12)8-3-4-8/h7-8,10H,1-6H2. The minimum Gasteiger partial charge on any atom is -0.392 e. The van der Waals surface area contributed by atoms with E-state index in [-0.39, 0.29) is 5.25 Å². The highest BCUT2D eigenvalue weighted by Gasteiger charge is 2.41. The average molecular weight is 205 g/mol. The van der Waals surface area contributed by atoms with Crippen LogP contribution in [0.25, 0.3) is 0 Å². The lowest BCUT2D eigenvalue weighted by Crippen LogP contribution is -2.43. The van der Waals surface area contributed by atoms with Crippen LogP contribution in [-0.2, 0) is 10.0 Å². The Morgan fingerprint density at radius 1 is 1.23 bits per heavy atom. The van der Waals surface area contributed by atoms with Crippen molar-refractivity contribution in [3.8, 4) is 0 Å². The van der Waals surface area contributed by atoms with Crippen LogP contribution in [0.3, 0.4) is 0 Å². The molecule has 1 aliphatic carbocycles. The summed E-state index contributed by atoms with van der Waals surface area (Å²) in [5, 5.41) is 9.20. The molecule has 13 heavy (non-hydrogen) atoms. The second kappa shape index (κ2) is 3.22. The van der Waals surface area contributed by atoms with Crippen molar-refractivity contribution in [1.29, 1.82) is 0 Å². The zero-order chi connectivity index (χ0) is 9.47. The number of hydrogen-bond acceptors (Lipinski definition) is 3. The summed E-state index contributed by atoms with van der Waals surface area (Å²) in [6, 6.07) is 0. The number of hydrogen-bond donors (Lipinski definition) is 1. The average Bonchev–Trinajstić information content (AvgIpc) is 2.86. The molecule has 0 amide bonds. The fraction of sp³-hybridized carbons (Fsp3) is 1.00. The first-order valence-corrected chi connectivity index (χ1v) is 6.28. The van der Waals surface area contributed by atoms with Gasteiger partial charge in [-0.1, -0.05) is 0 Å². The summed E-state index contributed by atoms with van der Waals surface area (Å²) in [7, 11) is -3.05. The van der Waals surface area contributed by atoms with Crippen LogP contribution >= 0.6 is 0 Å². The van der Waals surface area contributed by atoms with Gasteiger partial charge in [0.05, 0.1) is 11.4 Å². The fourth-order valence-corrected chi connectivity index (χ4v) is 3.65. The van der Waals surface area contributed by atoms with Gasteiger partial charge >= 0.3 is 0 Å². The number of nitrogens with zero attached hydrogens (tertiary/aromatic N) is 1. The third-order valence-corrected chi connectivity index (χ3v) is 5.03. The van der Waals surface area contributed by atoms with Gasteiger partial charge in [0.25, 0.3) is 0 Å². The molecule has 0 bridgehead atoms. The van der Waals surface area contributed by atoms with Crippen molar-refractivity contribution in [1.82, 2.24) is 4.31 Å². The van der Waals surface area contributed by atoms with Gasteiger partial charge in [0.1, 0.15) is 0 Å². The molecular weight excluding hydrogens is 190 g/mol. The Morgan fingerprint density at radius 2 is 1.92 bits per heavy atom. The minimum atomic E-state index is -3.05. The van der Waals surface area contributed by atoms with E-state index in [1.807, 2.05) is 0 Å². The fourth-order valence-electron chi connectivity index (χ4n) is 1.73. The lowest BCUT2D eigenvalue weighted by Gasteiger charge is -2.29. The highest BCUT2D eigenvalue weighted by Crippen LogP contribution is 2.32. The minimum absolute atomic E-state index is 0.141. The summed E-state index contributed by atoms with van der Waals surface area (Å²) in [4.78, 5) is 0. The Labute approximate surface area is 78.6 Å². The van der Waals surface area contributed by atoms with Crippen molar-refractivity contribution < 1.29 is 13.5 Å². The first-order valence-electron chi connectivity index (χ1n) is 4.78. The van der Waals surface area contributed by atoms with Crippen molar-refractivity contribution in [3.63, 3.8) is 0 Å². The Kier molecular flexibility index (Phi) is 2.33. The zero-order valence-corrected chi connectivity index (χ0v) is 8.33. The zero-order valence-electron chi connectivity index (χ0n) is 7.52. The van der Waals surface area contributed by atoms with Crippen LogP contribution in [0.4, 0.5) is 0 Å². The van der Waals surface area contributed by atoms with E-state index in [2.05, 4.69) is 0 Å². The molecule has 0 spiro atoms. The molecule has 5 heteroatoms. The monoisotopic (exact) mass is 205 g/mol. The summed E-state index contributed by atoms with van der Waals surface area (Å²) in [5.41, 5.74) is 0. The summed E-state index contributed by atoms with van der Waals surface area (Å²) in [6.07, 6.45) is 2.66. The van der Waals surface area contributed by atoms with E-state index in [1.165, 1.54) is 4.31 Å². The molecule has 1 aliphatic heterocycles. The van der Waals surface area contributed by atoms with Crippen molar-refractivity contribution >= 4 is 10.0 Å². The van der Waals surface area contributed by atoms with Gasteiger partial charge in [-0.05, 0) is 25.7 Å². The SMILES string of the molecule is O=S(=O)(C1CC1)N1CCCC(O)C1. The van der Waals surface area contributed by atoms with Crippen LogP contribution in [0.15, 0.2) is 0 Å². The highest BCUT2D eigenvalue weighted by molar-refractivity contribution is 7.90. The van der Waals surface area contributed by atoms with Gasteiger partial charge in [0, 0.05) is 13.1 Å². The summed E-state index contributed by atoms with van der Waals surface area (Å²) in [5.74, 6) is 0. The number of aliphatic hydroxyl groups excluding tert-OH is 1. The molecule has 76 valence electrons. The largest absolute Gasteiger partial charge is 0.392 e. The van der Waals surface area contributed by atoms with Crippen LogP contribution in [0.1, 0.15) is 25.7 Å². The lowest BCUT2D eigenvalue weighted by atomic mass is 10.1. The van der Waals surface area contributed by atoms with Crippen LogP contribution in [0.2, 0.25) is 0 Å². The van der Waals surface area contributed by atoms with Gasteiger partial charge in [-0.3, -0.25) is 0 Å². The topological polar surface area (TPSA) is 57.6 Å². The molecule has 1 saturated carbocycles. The molecule has 1 N–H and O–H groups in total. The first-order chi connectivity index (χ1) is 6.10. The van der Waals surface area contributed by atoms with Gasteiger partial charge in [-0.2, -0.15) is 4.31 Å². The molecule has 2 rings (SSSR count). The second-order valence-electron chi connectivity index (χ2n) is 3.90. The van der Waals surface area contributed by atoms with Crippen LogP contribution in [-0.4, -0.2) is 42.3 Å². The van der Waals surface area contributed by atoms with Crippen LogP contribution in [0.5, 0.6) is 0 Å². The number of rotatable bonds is 2. The summed E-state index contributed by atoms with van der Waals surface area (Å²) in [6.45, 7) is 0.898. The molecule has 1 heterocycles. The Bertz CT molecular complexity index is 284. The molecule has 2 aliphatic rings. The van der Waals surface area contributed by atoms with Gasteiger partial charge in [-0.25, -0.2) is 8.42 Å². The molecule has 1 saturated heterocycles. The van der Waals surface area contributed by atoms with Gasteiger partial charge in [0.2, 0.25) is 10.0 Å². The molecule has 0 aromatic carbocycles. The van der Waals surface area contributed by atoms with E-state index in [1.54, 1.807) is 0 Å². The van der Waals surface area contributed by atoms with Gasteiger partial charge in [0.15, 0.2) is 0 Å². The number of piperidine rings is 1. The molecule has 0 aromatic heterocycles. The number of sulfonamides is 1. The third kappa shape index (κ3) is 1.87. The maximum absolute atomic E-state index is 11.7. The van der Waals surface area contributed by atoms with Gasteiger partial charge < -0.3 is 5.11 Å². The van der Waals surface area contributed by atoms with Crippen LogP contribution < -0.4 is 0 Å². The van der Waals surface area contributed by atoms with E-state index in [0.29, 0.717) is 13.1 Å². The predicted molar refractivity (Wildman–Crippen MR) is 48.8 cm³/mol.